The number of ether oxygens (including phenoxy) is 3. The molecule has 0 radical (unpaired) electrons. The largest absolute Gasteiger partial charge is 0.467 e. The zero-order chi connectivity index (χ0) is 20.5. The maximum Gasteiger partial charge on any atom is 0.411 e. The molecule has 0 bridgehead atoms. The van der Waals surface area contributed by atoms with E-state index >= 15 is 0 Å². The number of alkyl halides is 1. The molecule has 1 amide bonds. The van der Waals surface area contributed by atoms with Crippen LogP contribution >= 0.6 is 22.6 Å². The molecule has 2 rings (SSSR count). The SMILES string of the molecule is CCCCOC(=O)[C@H]1CC(CI)N(C(=O)OCc2ccccc2)[C@@H]1C(=O)OC. The Labute approximate surface area is 178 Å². The van der Waals surface area contributed by atoms with E-state index in [1.807, 2.05) is 37.3 Å². The fourth-order valence-corrected chi connectivity index (χ4v) is 3.98. The molecule has 1 aromatic rings. The molecule has 1 saturated heterocycles. The normalized spacial score (nSPS) is 21.2. The van der Waals surface area contributed by atoms with Crippen LogP contribution in [0.5, 0.6) is 0 Å². The van der Waals surface area contributed by atoms with Gasteiger partial charge in [0.2, 0.25) is 0 Å². The number of hydrogen-bond donors (Lipinski definition) is 0. The van der Waals surface area contributed by atoms with Gasteiger partial charge in [0.05, 0.1) is 19.6 Å². The highest BCUT2D eigenvalue weighted by Gasteiger charge is 2.52. The van der Waals surface area contributed by atoms with Crippen molar-refractivity contribution in [2.24, 2.45) is 5.92 Å². The summed E-state index contributed by atoms with van der Waals surface area (Å²) >= 11 is 2.14. The molecule has 1 unspecified atom stereocenters. The second kappa shape index (κ2) is 11.2. The number of nitrogens with zero attached hydrogens (tertiary/aromatic N) is 1. The summed E-state index contributed by atoms with van der Waals surface area (Å²) in [5.41, 5.74) is 0.839. The van der Waals surface area contributed by atoms with Gasteiger partial charge in [0.25, 0.3) is 0 Å². The third kappa shape index (κ3) is 5.59. The number of hydrogen-bond acceptors (Lipinski definition) is 6. The molecular formula is C20H26INO6. The lowest BCUT2D eigenvalue weighted by Crippen LogP contribution is -2.49. The van der Waals surface area contributed by atoms with Crippen molar-refractivity contribution < 1.29 is 28.6 Å². The summed E-state index contributed by atoms with van der Waals surface area (Å²) < 4.78 is 16.2. The Hall–Kier alpha value is -1.84. The fraction of sp³-hybridized carbons (Fsp3) is 0.550. The lowest BCUT2D eigenvalue weighted by Gasteiger charge is -2.28. The number of carbonyl (C=O) groups excluding carboxylic acids is 3. The predicted molar refractivity (Wildman–Crippen MR) is 111 cm³/mol. The average Bonchev–Trinajstić information content (AvgIpc) is 3.12. The van der Waals surface area contributed by atoms with Gasteiger partial charge in [-0.1, -0.05) is 66.3 Å². The van der Waals surface area contributed by atoms with Crippen LogP contribution in [-0.2, 0) is 30.4 Å². The van der Waals surface area contributed by atoms with Crippen molar-refractivity contribution in [2.45, 2.75) is 44.9 Å². The van der Waals surface area contributed by atoms with E-state index in [9.17, 15) is 14.4 Å². The molecular weight excluding hydrogens is 477 g/mol. The molecule has 3 atom stereocenters. The summed E-state index contributed by atoms with van der Waals surface area (Å²) in [6.07, 6.45) is 1.35. The van der Waals surface area contributed by atoms with Gasteiger partial charge >= 0.3 is 18.0 Å². The zero-order valence-electron chi connectivity index (χ0n) is 16.1. The Morgan fingerprint density at radius 1 is 1.14 bits per heavy atom. The standard InChI is InChI=1S/C20H26INO6/c1-3-4-10-27-18(23)16-11-15(12-21)22(17(16)19(24)26-2)20(25)28-13-14-8-6-5-7-9-14/h5-9,15-17H,3-4,10-13H2,1-2H3/t15?,16-,17-/m0/s1. The van der Waals surface area contributed by atoms with Crippen LogP contribution in [0.3, 0.4) is 0 Å². The first-order valence-electron chi connectivity index (χ1n) is 9.32. The Morgan fingerprint density at radius 2 is 1.86 bits per heavy atom. The number of halogens is 1. The molecule has 1 aliphatic rings. The molecule has 7 nitrogen and oxygen atoms in total. The Morgan fingerprint density at radius 3 is 2.46 bits per heavy atom. The summed E-state index contributed by atoms with van der Waals surface area (Å²) in [5, 5.41) is 0. The summed E-state index contributed by atoms with van der Waals surface area (Å²) in [5.74, 6) is -1.87. The number of likely N-dealkylation sites (tertiary alicyclic amines) is 1. The summed E-state index contributed by atoms with van der Waals surface area (Å²) in [6, 6.07) is 7.93. The first-order chi connectivity index (χ1) is 13.5. The molecule has 8 heteroatoms. The minimum Gasteiger partial charge on any atom is -0.467 e. The van der Waals surface area contributed by atoms with Gasteiger partial charge in [0.1, 0.15) is 12.6 Å². The van der Waals surface area contributed by atoms with Crippen LogP contribution in [0.15, 0.2) is 30.3 Å². The van der Waals surface area contributed by atoms with E-state index in [0.717, 1.165) is 18.4 Å². The highest BCUT2D eigenvalue weighted by molar-refractivity contribution is 14.1. The maximum atomic E-state index is 12.8. The van der Waals surface area contributed by atoms with Gasteiger partial charge in [-0.3, -0.25) is 9.69 Å². The number of carbonyl (C=O) groups is 3. The molecule has 28 heavy (non-hydrogen) atoms. The number of rotatable bonds is 8. The second-order valence-corrected chi connectivity index (χ2v) is 7.47. The summed E-state index contributed by atoms with van der Waals surface area (Å²) in [6.45, 7) is 2.38. The van der Waals surface area contributed by atoms with E-state index in [0.29, 0.717) is 17.5 Å². The van der Waals surface area contributed by atoms with Gasteiger partial charge in [-0.2, -0.15) is 0 Å². The first kappa shape index (κ1) is 22.4. The van der Waals surface area contributed by atoms with Gasteiger partial charge in [0.15, 0.2) is 0 Å². The minimum atomic E-state index is -1.04. The van der Waals surface area contributed by atoms with Crippen LogP contribution in [-0.4, -0.2) is 53.2 Å². The van der Waals surface area contributed by atoms with Gasteiger partial charge in [0, 0.05) is 10.5 Å². The van der Waals surface area contributed by atoms with Crippen LogP contribution in [0.2, 0.25) is 0 Å². The van der Waals surface area contributed by atoms with Gasteiger partial charge in [-0.15, -0.1) is 0 Å². The average molecular weight is 503 g/mol. The number of amides is 1. The maximum absolute atomic E-state index is 12.8. The van der Waals surface area contributed by atoms with E-state index < -0.39 is 30.0 Å². The van der Waals surface area contributed by atoms with Crippen LogP contribution in [0, 0.1) is 5.92 Å². The van der Waals surface area contributed by atoms with Crippen LogP contribution in [0.25, 0.3) is 0 Å². The molecule has 0 aliphatic carbocycles. The van der Waals surface area contributed by atoms with E-state index in [1.165, 1.54) is 12.0 Å². The molecule has 1 fully saturated rings. The van der Waals surface area contributed by atoms with Crippen molar-refractivity contribution in [3.63, 3.8) is 0 Å². The second-order valence-electron chi connectivity index (χ2n) is 6.59. The third-order valence-electron chi connectivity index (χ3n) is 4.68. The number of methoxy groups -OCH3 is 1. The molecule has 1 aromatic carbocycles. The zero-order valence-corrected chi connectivity index (χ0v) is 18.3. The Kier molecular flexibility index (Phi) is 9.01. The summed E-state index contributed by atoms with van der Waals surface area (Å²) in [7, 11) is 1.24. The Balaban J connectivity index is 2.15. The first-order valence-corrected chi connectivity index (χ1v) is 10.8. The van der Waals surface area contributed by atoms with Crippen molar-refractivity contribution in [3.8, 4) is 0 Å². The number of unbranched alkanes of at least 4 members (excludes halogenated alkanes) is 1. The highest BCUT2D eigenvalue weighted by atomic mass is 127. The van der Waals surface area contributed by atoms with E-state index in [-0.39, 0.29) is 12.6 Å². The third-order valence-corrected chi connectivity index (χ3v) is 5.70. The van der Waals surface area contributed by atoms with Gasteiger partial charge < -0.3 is 14.2 Å². The predicted octanol–water partition coefficient (Wildman–Crippen LogP) is 3.33. The fourth-order valence-electron chi connectivity index (χ4n) is 3.20. The molecule has 0 N–H and O–H groups in total. The van der Waals surface area contributed by atoms with Gasteiger partial charge in [-0.25, -0.2) is 9.59 Å². The Bertz CT molecular complexity index is 668. The molecule has 1 aliphatic heterocycles. The van der Waals surface area contributed by atoms with Gasteiger partial charge in [-0.05, 0) is 18.4 Å². The minimum absolute atomic E-state index is 0.0869. The quantitative estimate of drug-likeness (QED) is 0.178. The van der Waals surface area contributed by atoms with E-state index in [1.54, 1.807) is 0 Å². The van der Waals surface area contributed by atoms with Crippen molar-refractivity contribution in [2.75, 3.05) is 18.1 Å². The molecule has 0 spiro atoms. The molecule has 0 aromatic heterocycles. The highest BCUT2D eigenvalue weighted by Crippen LogP contribution is 2.34. The number of benzene rings is 1. The van der Waals surface area contributed by atoms with E-state index in [2.05, 4.69) is 22.6 Å². The summed E-state index contributed by atoms with van der Waals surface area (Å²) in [4.78, 5) is 39.1. The lowest BCUT2D eigenvalue weighted by molar-refractivity contribution is -0.157. The lowest BCUT2D eigenvalue weighted by atomic mass is 9.99. The van der Waals surface area contributed by atoms with Crippen LogP contribution in [0.4, 0.5) is 4.79 Å². The van der Waals surface area contributed by atoms with E-state index in [4.69, 9.17) is 14.2 Å². The topological polar surface area (TPSA) is 82.1 Å². The molecule has 0 saturated carbocycles. The molecule has 154 valence electrons. The molecule has 1 heterocycles. The number of esters is 2. The van der Waals surface area contributed by atoms with Crippen molar-refractivity contribution in [1.29, 1.82) is 0 Å². The smallest absolute Gasteiger partial charge is 0.411 e. The van der Waals surface area contributed by atoms with Crippen molar-refractivity contribution in [3.05, 3.63) is 35.9 Å². The van der Waals surface area contributed by atoms with Crippen LogP contribution in [0.1, 0.15) is 31.7 Å². The van der Waals surface area contributed by atoms with Crippen LogP contribution < -0.4 is 0 Å². The van der Waals surface area contributed by atoms with Crippen molar-refractivity contribution in [1.82, 2.24) is 4.90 Å². The monoisotopic (exact) mass is 503 g/mol. The van der Waals surface area contributed by atoms with Crippen molar-refractivity contribution >= 4 is 40.6 Å².